The molecule has 1 unspecified atom stereocenters. The number of amides is 1. The number of carbonyl (C=O) groups excluding carboxylic acids is 1. The number of rotatable bonds is 4. The van der Waals surface area contributed by atoms with Gasteiger partial charge < -0.3 is 24.6 Å². The van der Waals surface area contributed by atoms with Gasteiger partial charge in [0.25, 0.3) is 0 Å². The first-order valence-electron chi connectivity index (χ1n) is 8.40. The number of ether oxygens (including phenoxy) is 2. The lowest BCUT2D eigenvalue weighted by atomic mass is 9.96. The van der Waals surface area contributed by atoms with Gasteiger partial charge in [0.05, 0.1) is 25.7 Å². The van der Waals surface area contributed by atoms with E-state index in [0.29, 0.717) is 19.6 Å². The number of hydrogen-bond acceptors (Lipinski definition) is 5. The number of benzene rings is 1. The molecule has 0 aromatic heterocycles. The Morgan fingerprint density at radius 1 is 1.33 bits per heavy atom. The fourth-order valence-corrected chi connectivity index (χ4v) is 3.36. The summed E-state index contributed by atoms with van der Waals surface area (Å²) in [5.41, 5.74) is 2.11. The molecule has 1 aromatic carbocycles. The summed E-state index contributed by atoms with van der Waals surface area (Å²) in [5.74, 6) is 0.620. The van der Waals surface area contributed by atoms with Gasteiger partial charge in [-0.15, -0.1) is 0 Å². The second-order valence-corrected chi connectivity index (χ2v) is 6.88. The number of hydrogen-bond donors (Lipinski definition) is 2. The minimum Gasteiger partial charge on any atom is -0.490 e. The van der Waals surface area contributed by atoms with E-state index in [9.17, 15) is 15.0 Å². The lowest BCUT2D eigenvalue weighted by molar-refractivity contribution is -0.139. The molecule has 4 atom stereocenters. The minimum absolute atomic E-state index is 0.0193. The molecule has 0 aliphatic carbocycles. The molecule has 24 heavy (non-hydrogen) atoms. The molecule has 2 aliphatic rings. The van der Waals surface area contributed by atoms with Crippen LogP contribution in [0.3, 0.4) is 0 Å². The van der Waals surface area contributed by atoms with Crippen molar-refractivity contribution in [2.75, 3.05) is 26.8 Å². The molecule has 2 N–H and O–H groups in total. The van der Waals surface area contributed by atoms with Crippen LogP contribution in [0.5, 0.6) is 5.75 Å². The van der Waals surface area contributed by atoms with Crippen LogP contribution in [0, 0.1) is 5.92 Å². The SMILES string of the molecule is CC1Cc2cc(CC(=O)N(C)C[C@@H]3COC[C@@H](O)[C@H]3O)ccc2O1. The zero-order chi connectivity index (χ0) is 17.3. The van der Waals surface area contributed by atoms with Crippen LogP contribution < -0.4 is 4.74 Å². The summed E-state index contributed by atoms with van der Waals surface area (Å²) in [7, 11) is 1.72. The van der Waals surface area contributed by atoms with Crippen molar-refractivity contribution in [3.05, 3.63) is 29.3 Å². The molecule has 1 fully saturated rings. The summed E-state index contributed by atoms with van der Waals surface area (Å²) in [6.45, 7) is 2.89. The van der Waals surface area contributed by atoms with Crippen LogP contribution in [-0.4, -0.2) is 66.1 Å². The topological polar surface area (TPSA) is 79.2 Å². The molecule has 3 rings (SSSR count). The van der Waals surface area contributed by atoms with E-state index in [1.54, 1.807) is 11.9 Å². The number of carbonyl (C=O) groups is 1. The maximum atomic E-state index is 12.4. The predicted octanol–water partition coefficient (Wildman–Crippen LogP) is 0.379. The number of aliphatic hydroxyl groups excluding tert-OH is 2. The van der Waals surface area contributed by atoms with Gasteiger partial charge in [-0.3, -0.25) is 4.79 Å². The number of likely N-dealkylation sites (N-methyl/N-ethyl adjacent to an activating group) is 1. The van der Waals surface area contributed by atoms with Crippen LogP contribution in [0.25, 0.3) is 0 Å². The molecule has 0 bridgehead atoms. The average molecular weight is 335 g/mol. The van der Waals surface area contributed by atoms with Crippen LogP contribution in [-0.2, 0) is 22.4 Å². The third kappa shape index (κ3) is 3.71. The molecule has 1 amide bonds. The van der Waals surface area contributed by atoms with Crippen LogP contribution in [0.1, 0.15) is 18.1 Å². The average Bonchev–Trinajstić information content (AvgIpc) is 2.91. The standard InChI is InChI=1S/C18H25NO5/c1-11-5-13-6-12(3-4-16(13)24-11)7-17(21)19(2)8-14-9-23-10-15(20)18(14)22/h3-4,6,11,14-15,18,20,22H,5,7-10H2,1-2H3/t11?,14-,15-,18+/m1/s1. The predicted molar refractivity (Wildman–Crippen MR) is 87.9 cm³/mol. The van der Waals surface area contributed by atoms with Gasteiger partial charge in [0.2, 0.25) is 5.91 Å². The Morgan fingerprint density at radius 2 is 2.12 bits per heavy atom. The molecule has 0 radical (unpaired) electrons. The third-order valence-corrected chi connectivity index (χ3v) is 4.75. The molecule has 6 heteroatoms. The van der Waals surface area contributed by atoms with Gasteiger partial charge in [0, 0.05) is 25.9 Å². The fourth-order valence-electron chi connectivity index (χ4n) is 3.36. The zero-order valence-corrected chi connectivity index (χ0v) is 14.1. The summed E-state index contributed by atoms with van der Waals surface area (Å²) in [6.07, 6.45) is -0.368. The second-order valence-electron chi connectivity index (χ2n) is 6.88. The Balaban J connectivity index is 1.57. The monoisotopic (exact) mass is 335 g/mol. The minimum atomic E-state index is -0.883. The Morgan fingerprint density at radius 3 is 2.92 bits per heavy atom. The van der Waals surface area contributed by atoms with Crippen molar-refractivity contribution in [3.8, 4) is 5.75 Å². The third-order valence-electron chi connectivity index (χ3n) is 4.75. The van der Waals surface area contributed by atoms with Crippen molar-refractivity contribution in [2.45, 2.75) is 38.1 Å². The Hall–Kier alpha value is -1.63. The van der Waals surface area contributed by atoms with Crippen molar-refractivity contribution >= 4 is 5.91 Å². The van der Waals surface area contributed by atoms with E-state index >= 15 is 0 Å². The Bertz CT molecular complexity index is 605. The van der Waals surface area contributed by atoms with Crippen LogP contribution in [0.15, 0.2) is 18.2 Å². The molecule has 1 aromatic rings. The van der Waals surface area contributed by atoms with E-state index < -0.39 is 12.2 Å². The van der Waals surface area contributed by atoms with E-state index in [4.69, 9.17) is 9.47 Å². The molecule has 0 saturated carbocycles. The van der Waals surface area contributed by atoms with Gasteiger partial charge in [-0.2, -0.15) is 0 Å². The number of fused-ring (bicyclic) bond motifs is 1. The van der Waals surface area contributed by atoms with Crippen LogP contribution >= 0.6 is 0 Å². The highest BCUT2D eigenvalue weighted by atomic mass is 16.5. The molecule has 2 heterocycles. The molecular formula is C18H25NO5. The summed E-state index contributed by atoms with van der Waals surface area (Å²) >= 11 is 0. The zero-order valence-electron chi connectivity index (χ0n) is 14.1. The van der Waals surface area contributed by atoms with Crippen molar-refractivity contribution in [1.82, 2.24) is 4.90 Å². The smallest absolute Gasteiger partial charge is 0.226 e. The van der Waals surface area contributed by atoms with Crippen LogP contribution in [0.4, 0.5) is 0 Å². The Kier molecular flexibility index (Phi) is 5.08. The Labute approximate surface area is 142 Å². The van der Waals surface area contributed by atoms with Gasteiger partial charge in [-0.05, 0) is 24.1 Å². The largest absolute Gasteiger partial charge is 0.490 e. The van der Waals surface area contributed by atoms with Crippen LogP contribution in [0.2, 0.25) is 0 Å². The lowest BCUT2D eigenvalue weighted by Gasteiger charge is -2.34. The normalized spacial score (nSPS) is 29.0. The number of nitrogens with zero attached hydrogens (tertiary/aromatic N) is 1. The molecule has 0 spiro atoms. The quantitative estimate of drug-likeness (QED) is 0.832. The van der Waals surface area contributed by atoms with Crippen molar-refractivity contribution in [1.29, 1.82) is 0 Å². The summed E-state index contributed by atoms with van der Waals surface area (Å²) in [6, 6.07) is 5.88. The van der Waals surface area contributed by atoms with Crippen molar-refractivity contribution in [2.24, 2.45) is 5.92 Å². The molecular weight excluding hydrogens is 310 g/mol. The first kappa shape index (κ1) is 17.2. The highest BCUT2D eigenvalue weighted by Gasteiger charge is 2.32. The highest BCUT2D eigenvalue weighted by Crippen LogP contribution is 2.29. The molecule has 2 aliphatic heterocycles. The fraction of sp³-hybridized carbons (Fsp3) is 0.611. The molecule has 1 saturated heterocycles. The second kappa shape index (κ2) is 7.09. The first-order valence-corrected chi connectivity index (χ1v) is 8.40. The van der Waals surface area contributed by atoms with Gasteiger partial charge in [0.1, 0.15) is 18.0 Å². The van der Waals surface area contributed by atoms with Gasteiger partial charge >= 0.3 is 0 Å². The molecule has 132 valence electrons. The molecule has 6 nitrogen and oxygen atoms in total. The maximum Gasteiger partial charge on any atom is 0.226 e. The number of aliphatic hydroxyl groups is 2. The van der Waals surface area contributed by atoms with Gasteiger partial charge in [0.15, 0.2) is 0 Å². The van der Waals surface area contributed by atoms with E-state index in [1.807, 2.05) is 25.1 Å². The van der Waals surface area contributed by atoms with Crippen molar-refractivity contribution < 1.29 is 24.5 Å². The lowest BCUT2D eigenvalue weighted by Crippen LogP contribution is -2.49. The highest BCUT2D eigenvalue weighted by molar-refractivity contribution is 5.78. The first-order chi connectivity index (χ1) is 11.4. The van der Waals surface area contributed by atoms with E-state index in [-0.39, 0.29) is 24.5 Å². The van der Waals surface area contributed by atoms with E-state index in [0.717, 1.165) is 23.3 Å². The summed E-state index contributed by atoms with van der Waals surface area (Å²) in [5, 5.41) is 19.7. The van der Waals surface area contributed by atoms with Gasteiger partial charge in [-0.25, -0.2) is 0 Å². The van der Waals surface area contributed by atoms with Gasteiger partial charge in [-0.1, -0.05) is 12.1 Å². The summed E-state index contributed by atoms with van der Waals surface area (Å²) < 4.78 is 10.9. The van der Waals surface area contributed by atoms with E-state index in [2.05, 4.69) is 0 Å². The summed E-state index contributed by atoms with van der Waals surface area (Å²) in [4.78, 5) is 14.0. The van der Waals surface area contributed by atoms with E-state index in [1.165, 1.54) is 0 Å². The van der Waals surface area contributed by atoms with Crippen molar-refractivity contribution in [3.63, 3.8) is 0 Å². The maximum absolute atomic E-state index is 12.4.